The number of hydrazone groups is 1. The predicted molar refractivity (Wildman–Crippen MR) is 127 cm³/mol. The van der Waals surface area contributed by atoms with Crippen LogP contribution in [0.1, 0.15) is 5.56 Å². The molecule has 0 unspecified atom stereocenters. The van der Waals surface area contributed by atoms with E-state index in [1.54, 1.807) is 6.21 Å². The lowest BCUT2D eigenvalue weighted by Gasteiger charge is -2.10. The SMILES string of the molecule is O=C(CSc1nnc(-c2cccc(Br)c2)n1-c1ccccc1)N/N=C\c1ccccc1. The largest absolute Gasteiger partial charge is 0.272 e. The number of benzene rings is 3. The first-order chi connectivity index (χ1) is 15.2. The van der Waals surface area contributed by atoms with E-state index < -0.39 is 0 Å². The molecular formula is C23H18BrN5OS. The minimum atomic E-state index is -0.219. The summed E-state index contributed by atoms with van der Waals surface area (Å²) in [5, 5.41) is 13.4. The van der Waals surface area contributed by atoms with Crippen LogP contribution in [0.2, 0.25) is 0 Å². The normalized spacial score (nSPS) is 11.0. The van der Waals surface area contributed by atoms with Crippen LogP contribution >= 0.6 is 27.7 Å². The van der Waals surface area contributed by atoms with E-state index in [1.807, 2.05) is 89.5 Å². The zero-order chi connectivity index (χ0) is 21.5. The van der Waals surface area contributed by atoms with E-state index in [-0.39, 0.29) is 11.7 Å². The van der Waals surface area contributed by atoms with Crippen molar-refractivity contribution in [3.8, 4) is 17.1 Å². The number of thioether (sulfide) groups is 1. The maximum absolute atomic E-state index is 12.3. The van der Waals surface area contributed by atoms with E-state index in [0.717, 1.165) is 21.3 Å². The lowest BCUT2D eigenvalue weighted by Crippen LogP contribution is -2.20. The summed E-state index contributed by atoms with van der Waals surface area (Å²) in [7, 11) is 0. The van der Waals surface area contributed by atoms with Crippen molar-refractivity contribution in [3.05, 3.63) is 95.0 Å². The molecule has 0 saturated heterocycles. The summed E-state index contributed by atoms with van der Waals surface area (Å²) in [6.07, 6.45) is 1.61. The lowest BCUT2D eigenvalue weighted by molar-refractivity contribution is -0.118. The van der Waals surface area contributed by atoms with Crippen LogP contribution in [0.3, 0.4) is 0 Å². The highest BCUT2D eigenvalue weighted by Crippen LogP contribution is 2.29. The second-order valence-electron chi connectivity index (χ2n) is 6.48. The summed E-state index contributed by atoms with van der Waals surface area (Å²) in [5.74, 6) is 0.650. The Morgan fingerprint density at radius 2 is 1.74 bits per heavy atom. The van der Waals surface area contributed by atoms with Gasteiger partial charge in [-0.15, -0.1) is 10.2 Å². The van der Waals surface area contributed by atoms with Crippen molar-refractivity contribution in [2.24, 2.45) is 5.10 Å². The van der Waals surface area contributed by atoms with Crippen molar-refractivity contribution in [2.45, 2.75) is 5.16 Å². The Balaban J connectivity index is 1.52. The monoisotopic (exact) mass is 491 g/mol. The molecule has 31 heavy (non-hydrogen) atoms. The van der Waals surface area contributed by atoms with Crippen LogP contribution in [-0.4, -0.2) is 32.6 Å². The van der Waals surface area contributed by atoms with Crippen LogP contribution in [0.15, 0.2) is 99.7 Å². The summed E-state index contributed by atoms with van der Waals surface area (Å²) in [6.45, 7) is 0. The van der Waals surface area contributed by atoms with E-state index in [2.05, 4.69) is 36.7 Å². The number of nitrogens with zero attached hydrogens (tertiary/aromatic N) is 4. The summed E-state index contributed by atoms with van der Waals surface area (Å²) >= 11 is 4.82. The Morgan fingerprint density at radius 3 is 2.48 bits per heavy atom. The molecule has 6 nitrogen and oxygen atoms in total. The van der Waals surface area contributed by atoms with E-state index in [1.165, 1.54) is 11.8 Å². The average Bonchev–Trinajstić information content (AvgIpc) is 3.23. The third-order valence-corrected chi connectivity index (χ3v) is 5.69. The minimum Gasteiger partial charge on any atom is -0.272 e. The van der Waals surface area contributed by atoms with Gasteiger partial charge in [0.25, 0.3) is 5.91 Å². The molecule has 0 aliphatic heterocycles. The summed E-state index contributed by atoms with van der Waals surface area (Å²) in [4.78, 5) is 12.3. The molecule has 4 aromatic rings. The van der Waals surface area contributed by atoms with Crippen LogP contribution in [0.25, 0.3) is 17.1 Å². The molecule has 3 aromatic carbocycles. The first-order valence-corrected chi connectivity index (χ1v) is 11.2. The van der Waals surface area contributed by atoms with Crippen molar-refractivity contribution in [1.29, 1.82) is 0 Å². The molecule has 0 saturated carbocycles. The standard InChI is InChI=1S/C23H18BrN5OS/c24-19-11-7-10-18(14-19)22-27-28-23(29(22)20-12-5-2-6-13-20)31-16-21(30)26-25-15-17-8-3-1-4-9-17/h1-15H,16H2,(H,26,30)/b25-15-. The van der Waals surface area contributed by atoms with Gasteiger partial charge in [0.05, 0.1) is 12.0 Å². The first-order valence-electron chi connectivity index (χ1n) is 9.47. The molecule has 1 heterocycles. The maximum atomic E-state index is 12.3. The van der Waals surface area contributed by atoms with Crippen LogP contribution in [-0.2, 0) is 4.79 Å². The van der Waals surface area contributed by atoms with Crippen molar-refractivity contribution < 1.29 is 4.79 Å². The van der Waals surface area contributed by atoms with Gasteiger partial charge in [-0.05, 0) is 29.8 Å². The minimum absolute atomic E-state index is 0.162. The Morgan fingerprint density at radius 1 is 1.00 bits per heavy atom. The molecule has 154 valence electrons. The third-order valence-electron chi connectivity index (χ3n) is 4.27. The maximum Gasteiger partial charge on any atom is 0.250 e. The molecule has 0 radical (unpaired) electrons. The van der Waals surface area contributed by atoms with Gasteiger partial charge in [-0.3, -0.25) is 9.36 Å². The van der Waals surface area contributed by atoms with E-state index >= 15 is 0 Å². The smallest absolute Gasteiger partial charge is 0.250 e. The Hall–Kier alpha value is -3.23. The number of hydrogen-bond acceptors (Lipinski definition) is 5. The van der Waals surface area contributed by atoms with Gasteiger partial charge in [0.15, 0.2) is 11.0 Å². The number of aromatic nitrogens is 3. The average molecular weight is 492 g/mol. The number of para-hydroxylation sites is 1. The van der Waals surface area contributed by atoms with Crippen molar-refractivity contribution in [1.82, 2.24) is 20.2 Å². The van der Waals surface area contributed by atoms with E-state index in [4.69, 9.17) is 0 Å². The highest BCUT2D eigenvalue weighted by molar-refractivity contribution is 9.10. The van der Waals surface area contributed by atoms with Crippen molar-refractivity contribution in [2.75, 3.05) is 5.75 Å². The predicted octanol–water partition coefficient (Wildman–Crippen LogP) is 4.94. The Bertz CT molecular complexity index is 1200. The lowest BCUT2D eigenvalue weighted by atomic mass is 10.2. The second kappa shape index (κ2) is 10.2. The second-order valence-corrected chi connectivity index (χ2v) is 8.34. The number of hydrogen-bond donors (Lipinski definition) is 1. The number of carbonyl (C=O) groups is 1. The molecule has 0 atom stereocenters. The van der Waals surface area contributed by atoms with E-state index in [0.29, 0.717) is 11.0 Å². The summed E-state index contributed by atoms with van der Waals surface area (Å²) in [6, 6.07) is 27.3. The molecule has 0 aliphatic rings. The number of carbonyl (C=O) groups excluding carboxylic acids is 1. The molecular weight excluding hydrogens is 474 g/mol. The van der Waals surface area contributed by atoms with Gasteiger partial charge in [0.1, 0.15) is 0 Å². The fourth-order valence-electron chi connectivity index (χ4n) is 2.87. The number of rotatable bonds is 7. The molecule has 0 bridgehead atoms. The van der Waals surface area contributed by atoms with Gasteiger partial charge in [-0.2, -0.15) is 5.10 Å². The highest BCUT2D eigenvalue weighted by Gasteiger charge is 2.17. The Labute approximate surface area is 192 Å². The van der Waals surface area contributed by atoms with Gasteiger partial charge < -0.3 is 0 Å². The zero-order valence-corrected chi connectivity index (χ0v) is 18.8. The molecule has 0 spiro atoms. The highest BCUT2D eigenvalue weighted by atomic mass is 79.9. The molecule has 1 amide bonds. The molecule has 0 aliphatic carbocycles. The summed E-state index contributed by atoms with van der Waals surface area (Å²) in [5.41, 5.74) is 5.32. The molecule has 8 heteroatoms. The van der Waals surface area contributed by atoms with E-state index in [9.17, 15) is 4.79 Å². The quantitative estimate of drug-likeness (QED) is 0.225. The topological polar surface area (TPSA) is 72.2 Å². The molecule has 1 N–H and O–H groups in total. The van der Waals surface area contributed by atoms with Crippen LogP contribution in [0.4, 0.5) is 0 Å². The molecule has 4 rings (SSSR count). The summed E-state index contributed by atoms with van der Waals surface area (Å²) < 4.78 is 2.91. The van der Waals surface area contributed by atoms with Gasteiger partial charge in [-0.1, -0.05) is 88.4 Å². The molecule has 1 aromatic heterocycles. The third kappa shape index (κ3) is 5.48. The fourth-order valence-corrected chi connectivity index (χ4v) is 4.01. The Kier molecular flexibility index (Phi) is 6.91. The first kappa shape index (κ1) is 21.0. The number of amides is 1. The van der Waals surface area contributed by atoms with Crippen LogP contribution in [0, 0.1) is 0 Å². The van der Waals surface area contributed by atoms with Crippen LogP contribution < -0.4 is 5.43 Å². The van der Waals surface area contributed by atoms with Gasteiger partial charge in [0.2, 0.25) is 0 Å². The number of nitrogens with one attached hydrogen (secondary N) is 1. The van der Waals surface area contributed by atoms with Crippen LogP contribution in [0.5, 0.6) is 0 Å². The zero-order valence-electron chi connectivity index (χ0n) is 16.4. The number of halogens is 1. The van der Waals surface area contributed by atoms with Gasteiger partial charge >= 0.3 is 0 Å². The van der Waals surface area contributed by atoms with Gasteiger partial charge in [0, 0.05) is 15.7 Å². The molecule has 0 fully saturated rings. The fraction of sp³-hybridized carbons (Fsp3) is 0.0435. The van der Waals surface area contributed by atoms with Crippen molar-refractivity contribution >= 4 is 39.8 Å². The van der Waals surface area contributed by atoms with Gasteiger partial charge in [-0.25, -0.2) is 5.43 Å². The van der Waals surface area contributed by atoms with Crippen molar-refractivity contribution in [3.63, 3.8) is 0 Å².